The molecule has 1 amide bonds. The quantitative estimate of drug-likeness (QED) is 0.242. The number of carbonyl (C=O) groups excluding carboxylic acids is 1. The van der Waals surface area contributed by atoms with E-state index >= 15 is 0 Å². The fraction of sp³-hybridized carbons (Fsp3) is 0.556. The van der Waals surface area contributed by atoms with E-state index in [0.29, 0.717) is 13.1 Å². The third-order valence-corrected chi connectivity index (χ3v) is 4.35. The van der Waals surface area contributed by atoms with E-state index in [9.17, 15) is 19.5 Å². The Balaban J connectivity index is 1.98. The van der Waals surface area contributed by atoms with Crippen LogP contribution in [0.3, 0.4) is 0 Å². The number of amides is 1. The molecule has 3 atom stereocenters. The van der Waals surface area contributed by atoms with Crippen molar-refractivity contribution in [3.05, 3.63) is 45.1 Å². The predicted molar refractivity (Wildman–Crippen MR) is 102 cm³/mol. The third-order valence-electron chi connectivity index (χ3n) is 4.35. The first-order valence-electron chi connectivity index (χ1n) is 9.27. The van der Waals surface area contributed by atoms with Crippen molar-refractivity contribution in [1.29, 1.82) is 0 Å². The van der Waals surface area contributed by atoms with Crippen LogP contribution in [0, 0.1) is 6.42 Å². The number of carbonyl (C=O) groups is 1. The average molecular weight is 395 g/mol. The van der Waals surface area contributed by atoms with Crippen LogP contribution in [0.15, 0.2) is 21.9 Å². The Labute approximate surface area is 162 Å². The summed E-state index contributed by atoms with van der Waals surface area (Å²) in [4.78, 5) is 38.0. The molecule has 10 heteroatoms. The molecule has 28 heavy (non-hydrogen) atoms. The SMILES string of the molecule is NCCCCCCNC(=O)/C=C/c1cn([C@H]2[CH][C@@H](O)[C@@H](CO)O2)c(=O)[nH]c1=O. The number of aliphatic hydroxyl groups excluding tert-OH is 2. The average Bonchev–Trinajstić information content (AvgIpc) is 3.04. The summed E-state index contributed by atoms with van der Waals surface area (Å²) in [6.07, 6.45) is 6.07. The van der Waals surface area contributed by atoms with Gasteiger partial charge in [-0.15, -0.1) is 0 Å². The molecule has 2 heterocycles. The zero-order valence-electron chi connectivity index (χ0n) is 15.5. The molecule has 0 aliphatic carbocycles. The Morgan fingerprint density at radius 1 is 1.32 bits per heavy atom. The van der Waals surface area contributed by atoms with Crippen molar-refractivity contribution in [3.63, 3.8) is 0 Å². The van der Waals surface area contributed by atoms with E-state index in [-0.39, 0.29) is 11.5 Å². The molecule has 0 aromatic carbocycles. The van der Waals surface area contributed by atoms with Gasteiger partial charge < -0.3 is 26.0 Å². The van der Waals surface area contributed by atoms with E-state index in [1.807, 2.05) is 0 Å². The molecule has 10 nitrogen and oxygen atoms in total. The van der Waals surface area contributed by atoms with Crippen LogP contribution in [0.4, 0.5) is 0 Å². The number of hydrogen-bond acceptors (Lipinski definition) is 7. The van der Waals surface area contributed by atoms with Gasteiger partial charge in [0.15, 0.2) is 0 Å². The maximum atomic E-state index is 12.0. The van der Waals surface area contributed by atoms with Crippen molar-refractivity contribution in [2.24, 2.45) is 5.73 Å². The molecule has 6 N–H and O–H groups in total. The van der Waals surface area contributed by atoms with Crippen LogP contribution in [0.25, 0.3) is 6.08 Å². The fourth-order valence-corrected chi connectivity index (χ4v) is 2.77. The predicted octanol–water partition coefficient (Wildman–Crippen LogP) is -1.36. The lowest BCUT2D eigenvalue weighted by atomic mass is 10.2. The lowest BCUT2D eigenvalue weighted by Crippen LogP contribution is -2.33. The molecule has 1 fully saturated rings. The Bertz CT molecular complexity index is 787. The van der Waals surface area contributed by atoms with Gasteiger partial charge in [0, 0.05) is 25.2 Å². The minimum absolute atomic E-state index is 0.0802. The minimum Gasteiger partial charge on any atom is -0.394 e. The van der Waals surface area contributed by atoms with Crippen molar-refractivity contribution < 1.29 is 19.7 Å². The molecular formula is C18H27N4O6. The van der Waals surface area contributed by atoms with Gasteiger partial charge in [0.1, 0.15) is 12.3 Å². The highest BCUT2D eigenvalue weighted by Crippen LogP contribution is 2.26. The van der Waals surface area contributed by atoms with Gasteiger partial charge in [0.05, 0.1) is 18.3 Å². The van der Waals surface area contributed by atoms with Crippen LogP contribution in [-0.4, -0.2) is 57.6 Å². The van der Waals surface area contributed by atoms with Crippen LogP contribution >= 0.6 is 0 Å². The highest BCUT2D eigenvalue weighted by atomic mass is 16.5. The van der Waals surface area contributed by atoms with E-state index in [2.05, 4.69) is 10.3 Å². The van der Waals surface area contributed by atoms with Crippen molar-refractivity contribution >= 4 is 12.0 Å². The van der Waals surface area contributed by atoms with E-state index in [1.54, 1.807) is 0 Å². The second-order valence-corrected chi connectivity index (χ2v) is 6.51. The molecule has 1 aliphatic rings. The molecular weight excluding hydrogens is 368 g/mol. The molecule has 1 aliphatic heterocycles. The Morgan fingerprint density at radius 3 is 2.75 bits per heavy atom. The molecule has 2 rings (SSSR count). The van der Waals surface area contributed by atoms with Crippen molar-refractivity contribution in [3.8, 4) is 0 Å². The molecule has 0 bridgehead atoms. The number of ether oxygens (including phenoxy) is 1. The summed E-state index contributed by atoms with van der Waals surface area (Å²) >= 11 is 0. The van der Waals surface area contributed by atoms with Crippen molar-refractivity contribution in [2.45, 2.75) is 44.1 Å². The molecule has 1 saturated heterocycles. The van der Waals surface area contributed by atoms with Gasteiger partial charge in [-0.2, -0.15) is 0 Å². The third kappa shape index (κ3) is 6.13. The second kappa shape index (κ2) is 10.9. The summed E-state index contributed by atoms with van der Waals surface area (Å²) in [5.41, 5.74) is 4.12. The van der Waals surface area contributed by atoms with Gasteiger partial charge in [-0.25, -0.2) is 4.79 Å². The number of hydrogen-bond donors (Lipinski definition) is 5. The van der Waals surface area contributed by atoms with Crippen LogP contribution in [0.2, 0.25) is 0 Å². The standard InChI is InChI=1S/C18H27N4O6/c19-7-3-1-2-4-8-20-15(25)6-5-12-10-22(18(27)21-17(12)26)16-9-13(24)14(11-23)28-16/h5-6,9-10,13-14,16,23-24H,1-4,7-8,11,19H2,(H,20,25)(H,21,26,27)/b6-5+/t13-,14-,16-/m1/s1. The van der Waals surface area contributed by atoms with E-state index in [4.69, 9.17) is 15.6 Å². The van der Waals surface area contributed by atoms with Gasteiger partial charge in [0.25, 0.3) is 5.56 Å². The number of aliphatic hydroxyl groups is 2. The molecule has 1 radical (unpaired) electrons. The first kappa shape index (κ1) is 22.0. The fourth-order valence-electron chi connectivity index (χ4n) is 2.77. The number of aromatic nitrogens is 2. The van der Waals surface area contributed by atoms with Crippen LogP contribution in [-0.2, 0) is 9.53 Å². The Kier molecular flexibility index (Phi) is 8.58. The summed E-state index contributed by atoms with van der Waals surface area (Å²) in [5, 5.41) is 21.6. The van der Waals surface area contributed by atoms with E-state index in [0.717, 1.165) is 30.3 Å². The summed E-state index contributed by atoms with van der Waals surface area (Å²) in [7, 11) is 0. The monoisotopic (exact) mass is 395 g/mol. The molecule has 0 saturated carbocycles. The highest BCUT2D eigenvalue weighted by Gasteiger charge is 2.35. The van der Waals surface area contributed by atoms with Crippen LogP contribution < -0.4 is 22.3 Å². The summed E-state index contributed by atoms with van der Waals surface area (Å²) in [6, 6.07) is 0. The first-order chi connectivity index (χ1) is 13.5. The highest BCUT2D eigenvalue weighted by molar-refractivity contribution is 5.91. The topological polar surface area (TPSA) is 160 Å². The van der Waals surface area contributed by atoms with Gasteiger partial charge in [-0.05, 0) is 25.5 Å². The number of nitrogens with one attached hydrogen (secondary N) is 2. The summed E-state index contributed by atoms with van der Waals surface area (Å²) in [6.45, 7) is 0.773. The smallest absolute Gasteiger partial charge is 0.330 e. The normalized spacial score (nSPS) is 22.0. The number of aromatic amines is 1. The molecule has 0 spiro atoms. The van der Waals surface area contributed by atoms with Crippen molar-refractivity contribution in [2.75, 3.05) is 19.7 Å². The van der Waals surface area contributed by atoms with Gasteiger partial charge in [-0.3, -0.25) is 19.1 Å². The lowest BCUT2D eigenvalue weighted by molar-refractivity contribution is -0.116. The summed E-state index contributed by atoms with van der Waals surface area (Å²) in [5.74, 6) is -0.351. The number of nitrogens with two attached hydrogens (primary N) is 1. The molecule has 0 unspecified atom stereocenters. The first-order valence-corrected chi connectivity index (χ1v) is 9.27. The molecule has 155 valence electrons. The van der Waals surface area contributed by atoms with E-state index < -0.39 is 36.3 Å². The number of nitrogens with zero attached hydrogens (tertiary/aromatic N) is 1. The lowest BCUT2D eigenvalue weighted by Gasteiger charge is -2.14. The maximum absolute atomic E-state index is 12.0. The Morgan fingerprint density at radius 2 is 2.07 bits per heavy atom. The number of unbranched alkanes of at least 4 members (excludes halogenated alkanes) is 3. The van der Waals surface area contributed by atoms with Crippen molar-refractivity contribution in [1.82, 2.24) is 14.9 Å². The van der Waals surface area contributed by atoms with Gasteiger partial charge in [0.2, 0.25) is 5.91 Å². The Hall–Kier alpha value is -2.27. The van der Waals surface area contributed by atoms with Gasteiger partial charge in [-0.1, -0.05) is 12.8 Å². The van der Waals surface area contributed by atoms with Gasteiger partial charge >= 0.3 is 5.69 Å². The largest absolute Gasteiger partial charge is 0.394 e. The zero-order chi connectivity index (χ0) is 20.5. The minimum atomic E-state index is -1.04. The molecule has 1 aromatic heterocycles. The van der Waals surface area contributed by atoms with Crippen LogP contribution in [0.1, 0.15) is 37.5 Å². The van der Waals surface area contributed by atoms with Crippen LogP contribution in [0.5, 0.6) is 0 Å². The van der Waals surface area contributed by atoms with E-state index in [1.165, 1.54) is 24.8 Å². The number of rotatable bonds is 10. The maximum Gasteiger partial charge on any atom is 0.330 e. The summed E-state index contributed by atoms with van der Waals surface area (Å²) < 4.78 is 6.46. The number of H-pyrrole nitrogens is 1. The zero-order valence-corrected chi connectivity index (χ0v) is 15.5. The second-order valence-electron chi connectivity index (χ2n) is 6.51. The molecule has 1 aromatic rings.